The highest BCUT2D eigenvalue weighted by atomic mass is 79.9. The third-order valence-corrected chi connectivity index (χ3v) is 2.83. The van der Waals surface area contributed by atoms with Crippen LogP contribution >= 0.6 is 15.9 Å². The molecular weight excluding hydrogens is 287 g/mol. The molecule has 1 rings (SSSR count). The summed E-state index contributed by atoms with van der Waals surface area (Å²) in [6.07, 6.45) is 2.04. The van der Waals surface area contributed by atoms with Crippen molar-refractivity contribution in [2.24, 2.45) is 5.73 Å². The fraction of sp³-hybridized carbons (Fsp3) is 0.417. The van der Waals surface area contributed by atoms with Crippen LogP contribution in [0.1, 0.15) is 24.8 Å². The van der Waals surface area contributed by atoms with Crippen LogP contribution in [0.4, 0.5) is 4.39 Å². The summed E-state index contributed by atoms with van der Waals surface area (Å²) in [6.45, 7) is 0.806. The van der Waals surface area contributed by atoms with Gasteiger partial charge in [-0.2, -0.15) is 0 Å². The molecule has 1 aromatic rings. The molecule has 0 aliphatic heterocycles. The Labute approximate surface area is 109 Å². The first kappa shape index (κ1) is 14.1. The van der Waals surface area contributed by atoms with E-state index in [9.17, 15) is 9.18 Å². The molecule has 3 N–H and O–H groups in total. The zero-order chi connectivity index (χ0) is 12.7. The molecule has 0 heterocycles. The lowest BCUT2D eigenvalue weighted by Crippen LogP contribution is -2.23. The van der Waals surface area contributed by atoms with Crippen LogP contribution in [0.15, 0.2) is 22.7 Å². The van der Waals surface area contributed by atoms with E-state index < -0.39 is 0 Å². The van der Waals surface area contributed by atoms with E-state index in [4.69, 9.17) is 5.73 Å². The Morgan fingerprint density at radius 1 is 1.41 bits per heavy atom. The first-order chi connectivity index (χ1) is 8.13. The van der Waals surface area contributed by atoms with Crippen molar-refractivity contribution >= 4 is 21.8 Å². The van der Waals surface area contributed by atoms with Crippen LogP contribution in [0.25, 0.3) is 0 Å². The maximum absolute atomic E-state index is 13.3. The third-order valence-electron chi connectivity index (χ3n) is 2.34. The molecule has 1 amide bonds. The van der Waals surface area contributed by atoms with E-state index >= 15 is 0 Å². The van der Waals surface area contributed by atoms with Gasteiger partial charge in [-0.05, 0) is 37.6 Å². The molecule has 0 aliphatic rings. The lowest BCUT2D eigenvalue weighted by molar-refractivity contribution is -0.121. The van der Waals surface area contributed by atoms with Gasteiger partial charge >= 0.3 is 0 Å². The number of carbonyl (C=O) groups is 1. The Kier molecular flexibility index (Phi) is 6.15. The standard InChI is InChI=1S/C12H16BrFN2O/c13-10-4-5-11(14)9(7-10)8-16-12(17)3-1-2-6-15/h4-5,7H,1-3,6,8,15H2,(H,16,17). The zero-order valence-corrected chi connectivity index (χ0v) is 11.1. The molecule has 0 spiro atoms. The van der Waals surface area contributed by atoms with Crippen LogP contribution in [0.3, 0.4) is 0 Å². The second kappa shape index (κ2) is 7.40. The number of hydrogen-bond acceptors (Lipinski definition) is 2. The van der Waals surface area contributed by atoms with Gasteiger partial charge in [0.2, 0.25) is 5.91 Å². The Bertz CT molecular complexity index is 385. The van der Waals surface area contributed by atoms with Crippen LogP contribution in [0.5, 0.6) is 0 Å². The summed E-state index contributed by atoms with van der Waals surface area (Å²) < 4.78 is 14.1. The minimum atomic E-state index is -0.310. The van der Waals surface area contributed by atoms with Gasteiger partial charge in [0, 0.05) is 23.0 Å². The number of amides is 1. The first-order valence-corrected chi connectivity index (χ1v) is 6.33. The molecule has 3 nitrogen and oxygen atoms in total. The van der Waals surface area contributed by atoms with Crippen molar-refractivity contribution in [3.63, 3.8) is 0 Å². The zero-order valence-electron chi connectivity index (χ0n) is 9.51. The number of carbonyl (C=O) groups excluding carboxylic acids is 1. The van der Waals surface area contributed by atoms with Crippen LogP contribution in [-0.2, 0) is 11.3 Å². The van der Waals surface area contributed by atoms with Gasteiger partial charge in [0.15, 0.2) is 0 Å². The monoisotopic (exact) mass is 302 g/mol. The molecule has 0 saturated carbocycles. The lowest BCUT2D eigenvalue weighted by Gasteiger charge is -2.06. The molecule has 0 radical (unpaired) electrons. The minimum Gasteiger partial charge on any atom is -0.352 e. The van der Waals surface area contributed by atoms with Crippen molar-refractivity contribution in [1.29, 1.82) is 0 Å². The third kappa shape index (κ3) is 5.28. The van der Waals surface area contributed by atoms with E-state index in [1.165, 1.54) is 6.07 Å². The number of benzene rings is 1. The molecule has 0 aliphatic carbocycles. The average molecular weight is 303 g/mol. The van der Waals surface area contributed by atoms with Crippen molar-refractivity contribution in [2.45, 2.75) is 25.8 Å². The van der Waals surface area contributed by atoms with Crippen LogP contribution < -0.4 is 11.1 Å². The highest BCUT2D eigenvalue weighted by molar-refractivity contribution is 9.10. The van der Waals surface area contributed by atoms with E-state index in [-0.39, 0.29) is 18.3 Å². The number of nitrogens with two attached hydrogens (primary N) is 1. The summed E-state index contributed by atoms with van der Waals surface area (Å²) in [7, 11) is 0. The van der Waals surface area contributed by atoms with Gasteiger partial charge in [0.05, 0.1) is 0 Å². The Morgan fingerprint density at radius 2 is 2.18 bits per heavy atom. The minimum absolute atomic E-state index is 0.0715. The largest absolute Gasteiger partial charge is 0.352 e. The molecule has 0 bridgehead atoms. The maximum atomic E-state index is 13.3. The van der Waals surface area contributed by atoms with Crippen molar-refractivity contribution in [2.75, 3.05) is 6.54 Å². The second-order valence-corrected chi connectivity index (χ2v) is 4.67. The summed E-state index contributed by atoms with van der Waals surface area (Å²) in [6, 6.07) is 4.66. The first-order valence-electron chi connectivity index (χ1n) is 5.54. The van der Waals surface area contributed by atoms with Gasteiger partial charge in [0.25, 0.3) is 0 Å². The summed E-state index contributed by atoms with van der Waals surface area (Å²) in [5, 5.41) is 2.69. The number of unbranched alkanes of at least 4 members (excludes halogenated alkanes) is 1. The van der Waals surface area contributed by atoms with Crippen molar-refractivity contribution < 1.29 is 9.18 Å². The summed E-state index contributed by atoms with van der Waals surface area (Å²) in [4.78, 5) is 11.4. The molecule has 0 fully saturated rings. The predicted octanol–water partition coefficient (Wildman–Crippen LogP) is 2.33. The second-order valence-electron chi connectivity index (χ2n) is 3.76. The SMILES string of the molecule is NCCCCC(=O)NCc1cc(Br)ccc1F. The van der Waals surface area contributed by atoms with Gasteiger partial charge < -0.3 is 11.1 Å². The van der Waals surface area contributed by atoms with E-state index in [0.29, 0.717) is 18.5 Å². The Morgan fingerprint density at radius 3 is 2.88 bits per heavy atom. The predicted molar refractivity (Wildman–Crippen MR) is 68.9 cm³/mol. The van der Waals surface area contributed by atoms with Gasteiger partial charge in [-0.3, -0.25) is 4.79 Å². The van der Waals surface area contributed by atoms with E-state index in [0.717, 1.165) is 17.3 Å². The molecular formula is C12H16BrFN2O. The number of rotatable bonds is 6. The maximum Gasteiger partial charge on any atom is 0.220 e. The van der Waals surface area contributed by atoms with Crippen molar-refractivity contribution in [1.82, 2.24) is 5.32 Å². The quantitative estimate of drug-likeness (QED) is 0.793. The fourth-order valence-corrected chi connectivity index (χ4v) is 1.80. The highest BCUT2D eigenvalue weighted by Gasteiger charge is 2.05. The average Bonchev–Trinajstić information content (AvgIpc) is 2.31. The molecule has 94 valence electrons. The number of halogens is 2. The molecule has 0 saturated heterocycles. The van der Waals surface area contributed by atoms with Crippen LogP contribution in [0, 0.1) is 5.82 Å². The number of nitrogens with one attached hydrogen (secondary N) is 1. The topological polar surface area (TPSA) is 55.1 Å². The number of hydrogen-bond donors (Lipinski definition) is 2. The Hall–Kier alpha value is -0.940. The smallest absolute Gasteiger partial charge is 0.220 e. The summed E-state index contributed by atoms with van der Waals surface area (Å²) >= 11 is 3.26. The van der Waals surface area contributed by atoms with E-state index in [2.05, 4.69) is 21.2 Å². The van der Waals surface area contributed by atoms with Crippen molar-refractivity contribution in [3.05, 3.63) is 34.1 Å². The van der Waals surface area contributed by atoms with Gasteiger partial charge in [-0.15, -0.1) is 0 Å². The Balaban J connectivity index is 2.39. The molecule has 0 atom stereocenters. The summed E-state index contributed by atoms with van der Waals surface area (Å²) in [5.74, 6) is -0.381. The lowest BCUT2D eigenvalue weighted by atomic mass is 10.2. The van der Waals surface area contributed by atoms with E-state index in [1.807, 2.05) is 0 Å². The van der Waals surface area contributed by atoms with Gasteiger partial charge in [-0.1, -0.05) is 15.9 Å². The molecule has 5 heteroatoms. The van der Waals surface area contributed by atoms with Gasteiger partial charge in [-0.25, -0.2) is 4.39 Å². The summed E-state index contributed by atoms with van der Waals surface area (Å²) in [5.41, 5.74) is 5.81. The fourth-order valence-electron chi connectivity index (χ4n) is 1.39. The van der Waals surface area contributed by atoms with Crippen molar-refractivity contribution in [3.8, 4) is 0 Å². The van der Waals surface area contributed by atoms with Crippen LogP contribution in [-0.4, -0.2) is 12.5 Å². The van der Waals surface area contributed by atoms with E-state index in [1.54, 1.807) is 12.1 Å². The molecule has 0 unspecified atom stereocenters. The highest BCUT2D eigenvalue weighted by Crippen LogP contribution is 2.15. The van der Waals surface area contributed by atoms with Crippen LogP contribution in [0.2, 0.25) is 0 Å². The molecule has 0 aromatic heterocycles. The molecule has 1 aromatic carbocycles. The van der Waals surface area contributed by atoms with Gasteiger partial charge in [0.1, 0.15) is 5.82 Å². The molecule has 17 heavy (non-hydrogen) atoms. The normalized spacial score (nSPS) is 10.3.